The summed E-state index contributed by atoms with van der Waals surface area (Å²) in [6, 6.07) is 8.37. The van der Waals surface area contributed by atoms with Gasteiger partial charge in [0.1, 0.15) is 11.9 Å². The summed E-state index contributed by atoms with van der Waals surface area (Å²) in [7, 11) is -0.433. The number of hydrogen-bond donors (Lipinski definition) is 2. The van der Waals surface area contributed by atoms with Crippen LogP contribution in [0.3, 0.4) is 0 Å². The van der Waals surface area contributed by atoms with Crippen molar-refractivity contribution in [3.8, 4) is 28.3 Å². The zero-order chi connectivity index (χ0) is 26.3. The minimum absolute atomic E-state index is 0.0984. The quantitative estimate of drug-likeness (QED) is 0.403. The number of nitriles is 1. The average Bonchev–Trinajstić information content (AvgIpc) is 3.59. The number of ether oxygens (including phenoxy) is 1. The second kappa shape index (κ2) is 9.83. The number of nitrogens with one attached hydrogen (secondary N) is 2. The SMILES string of the molecule is Cn1cc(-c2cc(-c3ccc(N4CCN(S(=N)(=N)C5CCOCC5)CC4)nc3)c3c(C#N)cnn3c2)cn1. The van der Waals surface area contributed by atoms with Gasteiger partial charge in [0.25, 0.3) is 0 Å². The topological polar surface area (TPSA) is 135 Å². The van der Waals surface area contributed by atoms with Crippen molar-refractivity contribution in [1.82, 2.24) is 28.7 Å². The normalized spacial score (nSPS) is 17.6. The van der Waals surface area contributed by atoms with Crippen molar-refractivity contribution >= 4 is 21.1 Å². The highest BCUT2D eigenvalue weighted by Crippen LogP contribution is 2.32. The summed E-state index contributed by atoms with van der Waals surface area (Å²) in [5.41, 5.74) is 4.98. The van der Waals surface area contributed by atoms with Crippen molar-refractivity contribution in [2.45, 2.75) is 18.1 Å². The van der Waals surface area contributed by atoms with E-state index in [1.807, 2.05) is 44.0 Å². The van der Waals surface area contributed by atoms with Crippen LogP contribution in [0.1, 0.15) is 18.4 Å². The number of rotatable bonds is 5. The molecule has 2 saturated heterocycles. The fourth-order valence-corrected chi connectivity index (χ4v) is 7.35. The van der Waals surface area contributed by atoms with Crippen LogP contribution in [0.4, 0.5) is 5.82 Å². The Kier molecular flexibility index (Phi) is 6.35. The lowest BCUT2D eigenvalue weighted by Crippen LogP contribution is -2.51. The third-order valence-corrected chi connectivity index (χ3v) is 10.1. The molecule has 0 amide bonds. The Morgan fingerprint density at radius 2 is 1.76 bits per heavy atom. The second-order valence-electron chi connectivity index (χ2n) is 9.77. The fraction of sp³-hybridized carbons (Fsp3) is 0.385. The van der Waals surface area contributed by atoms with Gasteiger partial charge < -0.3 is 9.64 Å². The van der Waals surface area contributed by atoms with Gasteiger partial charge in [0.05, 0.1) is 23.5 Å². The maximum absolute atomic E-state index is 9.69. The number of hydrogen-bond acceptors (Lipinski definition) is 8. The lowest BCUT2D eigenvalue weighted by Gasteiger charge is -2.40. The van der Waals surface area contributed by atoms with Crippen LogP contribution in [0.25, 0.3) is 27.8 Å². The predicted octanol–water partition coefficient (Wildman–Crippen LogP) is 3.56. The van der Waals surface area contributed by atoms with Crippen molar-refractivity contribution in [1.29, 1.82) is 14.8 Å². The molecule has 2 fully saturated rings. The zero-order valence-electron chi connectivity index (χ0n) is 21.2. The molecule has 11 nitrogen and oxygen atoms in total. The van der Waals surface area contributed by atoms with Crippen LogP contribution in [-0.2, 0) is 21.6 Å². The highest BCUT2D eigenvalue weighted by Gasteiger charge is 2.30. The van der Waals surface area contributed by atoms with Crippen LogP contribution in [-0.4, -0.2) is 73.3 Å². The van der Waals surface area contributed by atoms with Crippen molar-refractivity contribution in [2.24, 2.45) is 7.05 Å². The van der Waals surface area contributed by atoms with E-state index in [-0.39, 0.29) is 5.25 Å². The van der Waals surface area contributed by atoms with Gasteiger partial charge in [-0.25, -0.2) is 13.8 Å². The van der Waals surface area contributed by atoms with E-state index in [1.165, 1.54) is 0 Å². The summed E-state index contributed by atoms with van der Waals surface area (Å²) in [4.78, 5) is 7.01. The minimum Gasteiger partial charge on any atom is -0.381 e. The molecular weight excluding hydrogens is 500 g/mol. The van der Waals surface area contributed by atoms with Crippen LogP contribution < -0.4 is 4.90 Å². The van der Waals surface area contributed by atoms with Crippen molar-refractivity contribution < 1.29 is 4.74 Å². The molecule has 2 aliphatic heterocycles. The molecule has 4 aromatic heterocycles. The number of aromatic nitrogens is 5. The molecule has 2 N–H and O–H groups in total. The number of anilines is 1. The third kappa shape index (κ3) is 4.42. The van der Waals surface area contributed by atoms with E-state index in [4.69, 9.17) is 19.3 Å². The Balaban J connectivity index is 1.24. The molecule has 0 saturated carbocycles. The van der Waals surface area contributed by atoms with Crippen LogP contribution in [0, 0.1) is 20.9 Å². The van der Waals surface area contributed by atoms with E-state index in [9.17, 15) is 5.26 Å². The highest BCUT2D eigenvalue weighted by molar-refractivity contribution is 7.91. The predicted molar refractivity (Wildman–Crippen MR) is 146 cm³/mol. The molecule has 0 spiro atoms. The molecule has 196 valence electrons. The van der Waals surface area contributed by atoms with Crippen molar-refractivity contribution in [3.05, 3.63) is 54.7 Å². The smallest absolute Gasteiger partial charge is 0.128 e. The first kappa shape index (κ1) is 24.5. The molecule has 0 unspecified atom stereocenters. The first-order chi connectivity index (χ1) is 18.4. The van der Waals surface area contributed by atoms with Crippen LogP contribution in [0.2, 0.25) is 0 Å². The van der Waals surface area contributed by atoms with Gasteiger partial charge in [-0.3, -0.25) is 14.2 Å². The number of fused-ring (bicyclic) bond motifs is 1. The summed E-state index contributed by atoms with van der Waals surface area (Å²) in [5.74, 6) is 0.878. The summed E-state index contributed by atoms with van der Waals surface area (Å²) >= 11 is 0. The largest absolute Gasteiger partial charge is 0.381 e. The van der Waals surface area contributed by atoms with E-state index in [2.05, 4.69) is 31.5 Å². The summed E-state index contributed by atoms with van der Waals surface area (Å²) < 4.78 is 28.7. The highest BCUT2D eigenvalue weighted by atomic mass is 32.2. The Hall–Kier alpha value is -3.79. The number of aryl methyl sites for hydroxylation is 1. The maximum Gasteiger partial charge on any atom is 0.128 e. The van der Waals surface area contributed by atoms with E-state index in [0.29, 0.717) is 31.9 Å². The molecule has 2 aliphatic rings. The maximum atomic E-state index is 9.69. The standard InChI is InChI=1S/C26H30N10OS/c1-33-17-22(16-31-33)20-12-24(26-21(13-27)15-32-36(26)18-20)19-2-3-25(30-14-19)34-6-8-35(9-7-34)38(28,29)23-4-10-37-11-5-23/h2-3,12,14-18,23,28-29H,4-11H2,1H3. The first-order valence-electron chi connectivity index (χ1n) is 12.7. The molecule has 0 aromatic carbocycles. The van der Waals surface area contributed by atoms with Gasteiger partial charge in [-0.2, -0.15) is 15.5 Å². The van der Waals surface area contributed by atoms with E-state index in [0.717, 1.165) is 59.5 Å². The van der Waals surface area contributed by atoms with E-state index < -0.39 is 9.81 Å². The molecule has 4 aromatic rings. The number of pyridine rings is 2. The minimum atomic E-state index is -2.32. The fourth-order valence-electron chi connectivity index (χ4n) is 5.32. The van der Waals surface area contributed by atoms with Gasteiger partial charge >= 0.3 is 0 Å². The number of nitrogens with zero attached hydrogens (tertiary/aromatic N) is 8. The Labute approximate surface area is 221 Å². The molecule has 6 heterocycles. The average molecular weight is 531 g/mol. The molecule has 0 atom stereocenters. The summed E-state index contributed by atoms with van der Waals surface area (Å²) in [6.45, 7) is 4.20. The van der Waals surface area contributed by atoms with Crippen LogP contribution in [0.15, 0.2) is 49.2 Å². The molecule has 6 rings (SSSR count). The van der Waals surface area contributed by atoms with Gasteiger partial charge in [-0.1, -0.05) is 0 Å². The van der Waals surface area contributed by atoms with Gasteiger partial charge in [0, 0.05) is 92.5 Å². The van der Waals surface area contributed by atoms with Gasteiger partial charge in [0.15, 0.2) is 0 Å². The van der Waals surface area contributed by atoms with E-state index >= 15 is 0 Å². The van der Waals surface area contributed by atoms with Crippen LogP contribution >= 0.6 is 0 Å². The van der Waals surface area contributed by atoms with Gasteiger partial charge in [-0.05, 0) is 40.8 Å². The second-order valence-corrected chi connectivity index (χ2v) is 12.2. The Bertz CT molecular complexity index is 1600. The van der Waals surface area contributed by atoms with Crippen LogP contribution in [0.5, 0.6) is 0 Å². The summed E-state index contributed by atoms with van der Waals surface area (Å²) in [5, 5.41) is 18.5. The third-order valence-electron chi connectivity index (χ3n) is 7.45. The zero-order valence-corrected chi connectivity index (χ0v) is 22.1. The summed E-state index contributed by atoms with van der Waals surface area (Å²) in [6.07, 6.45) is 10.7. The van der Waals surface area contributed by atoms with Gasteiger partial charge in [-0.15, -0.1) is 0 Å². The lowest BCUT2D eigenvalue weighted by atomic mass is 10.0. The Morgan fingerprint density at radius 3 is 2.42 bits per heavy atom. The monoisotopic (exact) mass is 530 g/mol. The first-order valence-corrected chi connectivity index (χ1v) is 14.4. The van der Waals surface area contributed by atoms with Crippen molar-refractivity contribution in [3.63, 3.8) is 0 Å². The molecule has 0 bridgehead atoms. The molecule has 38 heavy (non-hydrogen) atoms. The van der Waals surface area contributed by atoms with Crippen molar-refractivity contribution in [2.75, 3.05) is 44.3 Å². The lowest BCUT2D eigenvalue weighted by molar-refractivity contribution is 0.0985. The van der Waals surface area contributed by atoms with Gasteiger partial charge in [0.2, 0.25) is 0 Å². The Morgan fingerprint density at radius 1 is 0.974 bits per heavy atom. The number of piperazine rings is 1. The van der Waals surface area contributed by atoms with E-state index in [1.54, 1.807) is 15.4 Å². The molecule has 0 radical (unpaired) electrons. The molecule has 0 aliphatic carbocycles. The molecule has 12 heteroatoms. The molecular formula is C26H30N10OS.